The van der Waals surface area contributed by atoms with E-state index in [1.54, 1.807) is 0 Å². The molecular weight excluding hydrogens is 224 g/mol. The highest BCUT2D eigenvalue weighted by atomic mass is 16.5. The van der Waals surface area contributed by atoms with Crippen molar-refractivity contribution >= 4 is 5.69 Å². The van der Waals surface area contributed by atoms with Crippen molar-refractivity contribution in [2.24, 2.45) is 0 Å². The molecule has 1 aromatic carbocycles. The van der Waals surface area contributed by atoms with Crippen molar-refractivity contribution in [1.82, 2.24) is 4.90 Å². The Morgan fingerprint density at radius 2 is 2.11 bits per heavy atom. The van der Waals surface area contributed by atoms with E-state index in [-0.39, 0.29) is 0 Å². The monoisotopic (exact) mass is 248 g/mol. The number of hydrogen-bond acceptors (Lipinski definition) is 3. The van der Waals surface area contributed by atoms with E-state index < -0.39 is 0 Å². The maximum Gasteiger partial charge on any atom is 0.119 e. The normalized spacial score (nSPS) is 20.0. The molecule has 1 aliphatic heterocycles. The van der Waals surface area contributed by atoms with Gasteiger partial charge in [-0.25, -0.2) is 0 Å². The zero-order chi connectivity index (χ0) is 12.8. The van der Waals surface area contributed by atoms with E-state index in [0.29, 0.717) is 6.04 Å². The van der Waals surface area contributed by atoms with Gasteiger partial charge in [0.05, 0.1) is 6.61 Å². The summed E-state index contributed by atoms with van der Waals surface area (Å²) in [5, 5.41) is 3.50. The number of hydrogen-bond donors (Lipinski definition) is 1. The van der Waals surface area contributed by atoms with Crippen LogP contribution in [0.1, 0.15) is 26.2 Å². The Bertz CT molecular complexity index is 350. The molecule has 1 aromatic rings. The summed E-state index contributed by atoms with van der Waals surface area (Å²) in [5.74, 6) is 0.959. The summed E-state index contributed by atoms with van der Waals surface area (Å²) in [5.41, 5.74) is 1.18. The van der Waals surface area contributed by atoms with Crippen molar-refractivity contribution in [3.05, 3.63) is 24.3 Å². The highest BCUT2D eigenvalue weighted by Gasteiger charge is 2.19. The molecule has 0 bridgehead atoms. The minimum absolute atomic E-state index is 0.681. The number of anilines is 1. The van der Waals surface area contributed by atoms with Crippen LogP contribution in [0.15, 0.2) is 24.3 Å². The topological polar surface area (TPSA) is 24.5 Å². The molecule has 1 fully saturated rings. The van der Waals surface area contributed by atoms with Crippen LogP contribution in [-0.4, -0.2) is 37.7 Å². The standard InChI is InChI=1S/C15H24N2O/c1-3-11-18-15-8-6-13(7-9-15)16-12-14-5-4-10-17(14)2/h6-9,14,16H,3-5,10-12H2,1-2H3. The predicted octanol–water partition coefficient (Wildman–Crippen LogP) is 2.98. The van der Waals surface area contributed by atoms with Crippen LogP contribution in [0.5, 0.6) is 5.75 Å². The largest absolute Gasteiger partial charge is 0.494 e. The van der Waals surface area contributed by atoms with Gasteiger partial charge in [0, 0.05) is 18.3 Å². The first kappa shape index (κ1) is 13.2. The lowest BCUT2D eigenvalue weighted by molar-refractivity contribution is 0.317. The maximum atomic E-state index is 5.57. The SMILES string of the molecule is CCCOc1ccc(NCC2CCCN2C)cc1. The molecule has 100 valence electrons. The number of likely N-dealkylation sites (N-methyl/N-ethyl adjacent to an activating group) is 1. The van der Waals surface area contributed by atoms with Crippen molar-refractivity contribution in [2.75, 3.05) is 32.1 Å². The number of rotatable bonds is 6. The first-order valence-corrected chi connectivity index (χ1v) is 6.96. The van der Waals surface area contributed by atoms with Crippen molar-refractivity contribution in [3.8, 4) is 5.75 Å². The molecule has 1 heterocycles. The molecule has 1 atom stereocenters. The fourth-order valence-corrected chi connectivity index (χ4v) is 2.36. The molecule has 1 N–H and O–H groups in total. The third-order valence-corrected chi connectivity index (χ3v) is 3.54. The van der Waals surface area contributed by atoms with Crippen molar-refractivity contribution in [3.63, 3.8) is 0 Å². The molecule has 0 aromatic heterocycles. The molecule has 1 saturated heterocycles. The molecule has 3 nitrogen and oxygen atoms in total. The Morgan fingerprint density at radius 1 is 1.33 bits per heavy atom. The van der Waals surface area contributed by atoms with Crippen LogP contribution < -0.4 is 10.1 Å². The zero-order valence-corrected chi connectivity index (χ0v) is 11.5. The van der Waals surface area contributed by atoms with Gasteiger partial charge in [-0.1, -0.05) is 6.92 Å². The molecule has 18 heavy (non-hydrogen) atoms. The molecule has 0 spiro atoms. The van der Waals surface area contributed by atoms with Crippen LogP contribution in [0.2, 0.25) is 0 Å². The number of likely N-dealkylation sites (tertiary alicyclic amines) is 1. The Balaban J connectivity index is 1.79. The summed E-state index contributed by atoms with van der Waals surface area (Å²) in [7, 11) is 2.21. The van der Waals surface area contributed by atoms with Gasteiger partial charge in [0.1, 0.15) is 5.75 Å². The second kappa shape index (κ2) is 6.64. The van der Waals surface area contributed by atoms with Crippen LogP contribution in [0.25, 0.3) is 0 Å². The van der Waals surface area contributed by atoms with E-state index in [1.165, 1.54) is 25.1 Å². The quantitative estimate of drug-likeness (QED) is 0.837. The van der Waals surface area contributed by atoms with E-state index in [2.05, 4.69) is 36.3 Å². The second-order valence-corrected chi connectivity index (χ2v) is 5.03. The number of nitrogens with one attached hydrogen (secondary N) is 1. The van der Waals surface area contributed by atoms with Gasteiger partial charge in [-0.05, 0) is 57.1 Å². The highest BCUT2D eigenvalue weighted by Crippen LogP contribution is 2.18. The van der Waals surface area contributed by atoms with Gasteiger partial charge in [0.15, 0.2) is 0 Å². The Morgan fingerprint density at radius 3 is 2.72 bits per heavy atom. The average molecular weight is 248 g/mol. The highest BCUT2D eigenvalue weighted by molar-refractivity contribution is 5.46. The van der Waals surface area contributed by atoms with Gasteiger partial charge in [0.25, 0.3) is 0 Å². The van der Waals surface area contributed by atoms with Gasteiger partial charge in [0.2, 0.25) is 0 Å². The molecule has 1 unspecified atom stereocenters. The lowest BCUT2D eigenvalue weighted by atomic mass is 10.2. The summed E-state index contributed by atoms with van der Waals surface area (Å²) in [6.45, 7) is 5.18. The van der Waals surface area contributed by atoms with Crippen molar-refractivity contribution in [2.45, 2.75) is 32.2 Å². The van der Waals surface area contributed by atoms with E-state index in [4.69, 9.17) is 4.74 Å². The molecule has 0 radical (unpaired) electrons. The summed E-state index contributed by atoms with van der Waals surface area (Å²) in [6.07, 6.45) is 3.68. The maximum absolute atomic E-state index is 5.57. The van der Waals surface area contributed by atoms with Crippen LogP contribution in [0.3, 0.4) is 0 Å². The summed E-state index contributed by atoms with van der Waals surface area (Å²) in [4.78, 5) is 2.44. The summed E-state index contributed by atoms with van der Waals surface area (Å²) < 4.78 is 5.57. The minimum atomic E-state index is 0.681. The van der Waals surface area contributed by atoms with E-state index >= 15 is 0 Å². The van der Waals surface area contributed by atoms with Crippen LogP contribution in [-0.2, 0) is 0 Å². The third-order valence-electron chi connectivity index (χ3n) is 3.54. The van der Waals surface area contributed by atoms with Crippen LogP contribution in [0, 0.1) is 0 Å². The van der Waals surface area contributed by atoms with Crippen molar-refractivity contribution < 1.29 is 4.74 Å². The smallest absolute Gasteiger partial charge is 0.119 e. The fourth-order valence-electron chi connectivity index (χ4n) is 2.36. The predicted molar refractivity (Wildman–Crippen MR) is 76.4 cm³/mol. The molecule has 1 aliphatic rings. The van der Waals surface area contributed by atoms with Gasteiger partial charge < -0.3 is 15.0 Å². The molecule has 3 heteroatoms. The number of ether oxygens (including phenoxy) is 1. The van der Waals surface area contributed by atoms with E-state index in [0.717, 1.165) is 25.3 Å². The first-order valence-electron chi connectivity index (χ1n) is 6.96. The summed E-state index contributed by atoms with van der Waals surface area (Å²) in [6, 6.07) is 8.95. The molecule has 0 aliphatic carbocycles. The first-order chi connectivity index (χ1) is 8.79. The third kappa shape index (κ3) is 3.64. The molecule has 2 rings (SSSR count). The van der Waals surface area contributed by atoms with Gasteiger partial charge in [-0.3, -0.25) is 0 Å². The fraction of sp³-hybridized carbons (Fsp3) is 0.600. The number of nitrogens with zero attached hydrogens (tertiary/aromatic N) is 1. The molecular formula is C15H24N2O. The van der Waals surface area contributed by atoms with Crippen LogP contribution in [0.4, 0.5) is 5.69 Å². The Hall–Kier alpha value is -1.22. The van der Waals surface area contributed by atoms with E-state index in [9.17, 15) is 0 Å². The second-order valence-electron chi connectivity index (χ2n) is 5.03. The Labute approximate surface area is 110 Å². The molecule has 0 amide bonds. The lowest BCUT2D eigenvalue weighted by Gasteiger charge is -2.20. The minimum Gasteiger partial charge on any atom is -0.494 e. The zero-order valence-electron chi connectivity index (χ0n) is 11.5. The van der Waals surface area contributed by atoms with Crippen LogP contribution >= 0.6 is 0 Å². The summed E-state index contributed by atoms with van der Waals surface area (Å²) >= 11 is 0. The van der Waals surface area contributed by atoms with Gasteiger partial charge in [-0.15, -0.1) is 0 Å². The Kier molecular flexibility index (Phi) is 4.88. The average Bonchev–Trinajstić information content (AvgIpc) is 2.81. The van der Waals surface area contributed by atoms with Gasteiger partial charge >= 0.3 is 0 Å². The lowest BCUT2D eigenvalue weighted by Crippen LogP contribution is -2.31. The van der Waals surface area contributed by atoms with Crippen molar-refractivity contribution in [1.29, 1.82) is 0 Å². The number of benzene rings is 1. The molecule has 0 saturated carbocycles. The van der Waals surface area contributed by atoms with Gasteiger partial charge in [-0.2, -0.15) is 0 Å². The van der Waals surface area contributed by atoms with E-state index in [1.807, 2.05) is 12.1 Å².